The summed E-state index contributed by atoms with van der Waals surface area (Å²) in [6.45, 7) is 1.92. The quantitative estimate of drug-likeness (QED) is 0.556. The fraction of sp³-hybridized carbons (Fsp3) is 0.133. The van der Waals surface area contributed by atoms with Crippen LogP contribution in [-0.2, 0) is 0 Å². The van der Waals surface area contributed by atoms with Gasteiger partial charge >= 0.3 is 0 Å². The molecular formula is C15H15N3O. The van der Waals surface area contributed by atoms with E-state index in [1.54, 1.807) is 6.26 Å². The lowest BCUT2D eigenvalue weighted by Crippen LogP contribution is -2.28. The number of aryl methyl sites for hydroxylation is 1. The van der Waals surface area contributed by atoms with Crippen LogP contribution in [0.15, 0.2) is 53.4 Å². The number of hydrazine groups is 1. The Balaban J connectivity index is 2.16. The van der Waals surface area contributed by atoms with E-state index >= 15 is 0 Å². The number of benzene rings is 1. The monoisotopic (exact) mass is 253 g/mol. The van der Waals surface area contributed by atoms with Crippen molar-refractivity contribution in [2.24, 2.45) is 5.84 Å². The molecular weight excluding hydrogens is 238 g/mol. The number of aromatic nitrogens is 1. The van der Waals surface area contributed by atoms with Crippen LogP contribution < -0.4 is 11.3 Å². The Kier molecular flexibility index (Phi) is 3.03. The van der Waals surface area contributed by atoms with Crippen LogP contribution in [-0.4, -0.2) is 4.98 Å². The molecule has 2 heterocycles. The molecule has 0 saturated heterocycles. The van der Waals surface area contributed by atoms with Gasteiger partial charge in [0.15, 0.2) is 0 Å². The lowest BCUT2D eigenvalue weighted by Gasteiger charge is -2.16. The molecule has 0 amide bonds. The highest BCUT2D eigenvalue weighted by molar-refractivity contribution is 5.85. The summed E-state index contributed by atoms with van der Waals surface area (Å²) < 4.78 is 5.36. The van der Waals surface area contributed by atoms with Gasteiger partial charge in [0.05, 0.1) is 12.3 Å². The van der Waals surface area contributed by atoms with Crippen LogP contribution in [0.5, 0.6) is 0 Å². The summed E-state index contributed by atoms with van der Waals surface area (Å²) >= 11 is 0. The Morgan fingerprint density at radius 3 is 2.84 bits per heavy atom. The van der Waals surface area contributed by atoms with E-state index in [4.69, 9.17) is 10.3 Å². The lowest BCUT2D eigenvalue weighted by molar-refractivity contribution is 0.526. The molecule has 0 bridgehead atoms. The predicted octanol–water partition coefficient (Wildman–Crippen LogP) is 2.69. The molecule has 2 aromatic heterocycles. The average Bonchev–Trinajstić information content (AvgIpc) is 2.86. The Morgan fingerprint density at radius 1 is 1.26 bits per heavy atom. The van der Waals surface area contributed by atoms with Gasteiger partial charge in [0.2, 0.25) is 0 Å². The molecule has 0 saturated carbocycles. The molecule has 0 aliphatic carbocycles. The summed E-state index contributed by atoms with van der Waals surface area (Å²) in [6.07, 6.45) is 5.42. The van der Waals surface area contributed by atoms with Crippen molar-refractivity contribution < 1.29 is 4.42 Å². The number of nitrogens with two attached hydrogens (primary N) is 1. The van der Waals surface area contributed by atoms with Crippen LogP contribution in [0.3, 0.4) is 0 Å². The van der Waals surface area contributed by atoms with Crippen LogP contribution in [0.4, 0.5) is 0 Å². The number of rotatable bonds is 3. The maximum Gasteiger partial charge on any atom is 0.101 e. The van der Waals surface area contributed by atoms with Crippen molar-refractivity contribution in [3.05, 3.63) is 65.9 Å². The largest absolute Gasteiger partial charge is 0.469 e. The van der Waals surface area contributed by atoms with Crippen molar-refractivity contribution in [3.63, 3.8) is 0 Å². The number of nitrogens with zero attached hydrogens (tertiary/aromatic N) is 1. The highest BCUT2D eigenvalue weighted by atomic mass is 16.3. The molecule has 3 rings (SSSR count). The van der Waals surface area contributed by atoms with Gasteiger partial charge in [0.1, 0.15) is 5.76 Å². The second-order valence-electron chi connectivity index (χ2n) is 4.54. The maximum atomic E-state index is 5.72. The van der Waals surface area contributed by atoms with E-state index in [0.29, 0.717) is 0 Å². The Bertz CT molecular complexity index is 700. The van der Waals surface area contributed by atoms with Crippen molar-refractivity contribution in [2.75, 3.05) is 0 Å². The predicted molar refractivity (Wildman–Crippen MR) is 74.4 cm³/mol. The fourth-order valence-electron chi connectivity index (χ4n) is 2.35. The molecule has 96 valence electrons. The molecule has 19 heavy (non-hydrogen) atoms. The third kappa shape index (κ3) is 2.12. The number of hydrogen-bond donors (Lipinski definition) is 2. The first kappa shape index (κ1) is 11.9. The number of hydrogen-bond acceptors (Lipinski definition) is 4. The smallest absolute Gasteiger partial charge is 0.101 e. The summed E-state index contributed by atoms with van der Waals surface area (Å²) in [4.78, 5) is 4.29. The summed E-state index contributed by atoms with van der Waals surface area (Å²) in [5, 5.41) is 2.24. The SMILES string of the molecule is Cc1cc(C(NN)c2cncc3ccccc23)co1. The van der Waals surface area contributed by atoms with Crippen LogP contribution in [0.1, 0.15) is 22.9 Å². The Labute approximate surface area is 111 Å². The van der Waals surface area contributed by atoms with Gasteiger partial charge in [-0.2, -0.15) is 0 Å². The molecule has 0 aliphatic rings. The zero-order chi connectivity index (χ0) is 13.2. The average molecular weight is 253 g/mol. The minimum absolute atomic E-state index is 0.129. The van der Waals surface area contributed by atoms with E-state index in [-0.39, 0.29) is 6.04 Å². The molecule has 1 unspecified atom stereocenters. The molecule has 0 aliphatic heterocycles. The maximum absolute atomic E-state index is 5.72. The van der Waals surface area contributed by atoms with E-state index in [9.17, 15) is 0 Å². The third-order valence-corrected chi connectivity index (χ3v) is 3.26. The summed E-state index contributed by atoms with van der Waals surface area (Å²) in [5.41, 5.74) is 4.88. The van der Waals surface area contributed by atoms with Gasteiger partial charge in [0.25, 0.3) is 0 Å². The molecule has 0 spiro atoms. The van der Waals surface area contributed by atoms with Gasteiger partial charge in [-0.1, -0.05) is 24.3 Å². The number of nitrogens with one attached hydrogen (secondary N) is 1. The molecule has 1 aromatic carbocycles. The second-order valence-corrected chi connectivity index (χ2v) is 4.54. The first-order valence-electron chi connectivity index (χ1n) is 6.13. The molecule has 0 fully saturated rings. The summed E-state index contributed by atoms with van der Waals surface area (Å²) in [7, 11) is 0. The third-order valence-electron chi connectivity index (χ3n) is 3.26. The molecule has 4 nitrogen and oxygen atoms in total. The lowest BCUT2D eigenvalue weighted by atomic mass is 9.98. The highest BCUT2D eigenvalue weighted by Gasteiger charge is 2.17. The van der Waals surface area contributed by atoms with Gasteiger partial charge in [-0.3, -0.25) is 10.8 Å². The summed E-state index contributed by atoms with van der Waals surface area (Å²) in [5.74, 6) is 6.58. The minimum atomic E-state index is -0.129. The van der Waals surface area contributed by atoms with E-state index in [0.717, 1.165) is 27.7 Å². The number of fused-ring (bicyclic) bond motifs is 1. The van der Waals surface area contributed by atoms with Crippen molar-refractivity contribution >= 4 is 10.8 Å². The zero-order valence-corrected chi connectivity index (χ0v) is 10.6. The van der Waals surface area contributed by atoms with Crippen LogP contribution in [0.25, 0.3) is 10.8 Å². The molecule has 0 radical (unpaired) electrons. The zero-order valence-electron chi connectivity index (χ0n) is 10.6. The standard InChI is InChI=1S/C15H15N3O/c1-10-6-12(9-19-10)15(18-16)14-8-17-7-11-4-2-3-5-13(11)14/h2-9,15,18H,16H2,1H3. The van der Waals surface area contributed by atoms with Gasteiger partial charge in [-0.15, -0.1) is 0 Å². The van der Waals surface area contributed by atoms with Gasteiger partial charge in [-0.25, -0.2) is 5.43 Å². The molecule has 3 N–H and O–H groups in total. The number of furan rings is 1. The number of pyridine rings is 1. The van der Waals surface area contributed by atoms with Crippen molar-refractivity contribution in [1.29, 1.82) is 0 Å². The molecule has 4 heteroatoms. The van der Waals surface area contributed by atoms with Crippen molar-refractivity contribution in [2.45, 2.75) is 13.0 Å². The van der Waals surface area contributed by atoms with Crippen LogP contribution >= 0.6 is 0 Å². The molecule has 1 atom stereocenters. The van der Waals surface area contributed by atoms with Gasteiger partial charge < -0.3 is 4.42 Å². The normalized spacial score (nSPS) is 12.7. The van der Waals surface area contributed by atoms with Crippen molar-refractivity contribution in [3.8, 4) is 0 Å². The topological polar surface area (TPSA) is 64.1 Å². The first-order valence-corrected chi connectivity index (χ1v) is 6.13. The van der Waals surface area contributed by atoms with Crippen LogP contribution in [0, 0.1) is 6.92 Å². The van der Waals surface area contributed by atoms with Gasteiger partial charge in [-0.05, 0) is 18.4 Å². The minimum Gasteiger partial charge on any atom is -0.469 e. The summed E-state index contributed by atoms with van der Waals surface area (Å²) in [6, 6.07) is 9.98. The molecule has 3 aromatic rings. The van der Waals surface area contributed by atoms with E-state index in [1.807, 2.05) is 43.6 Å². The second kappa shape index (κ2) is 4.84. The van der Waals surface area contributed by atoms with Crippen LogP contribution in [0.2, 0.25) is 0 Å². The first-order chi connectivity index (χ1) is 9.29. The fourth-order valence-corrected chi connectivity index (χ4v) is 2.35. The Morgan fingerprint density at radius 2 is 2.11 bits per heavy atom. The van der Waals surface area contributed by atoms with Crippen molar-refractivity contribution in [1.82, 2.24) is 10.4 Å². The van der Waals surface area contributed by atoms with E-state index in [1.165, 1.54) is 0 Å². The highest BCUT2D eigenvalue weighted by Crippen LogP contribution is 2.28. The van der Waals surface area contributed by atoms with E-state index in [2.05, 4.69) is 16.5 Å². The Hall–Kier alpha value is -2.17. The van der Waals surface area contributed by atoms with Gasteiger partial charge in [0, 0.05) is 28.9 Å². The van der Waals surface area contributed by atoms with E-state index < -0.39 is 0 Å².